The molecule has 12 heteroatoms. The molecule has 3 aromatic rings. The molecule has 4 fully saturated rings. The number of likely N-dealkylation sites (tertiary alicyclic amines) is 1. The number of hydrogen-bond donors (Lipinski definition) is 1. The number of benzene rings is 3. The highest BCUT2D eigenvalue weighted by Gasteiger charge is 2.67. The second-order valence-electron chi connectivity index (χ2n) is 18.2. The summed E-state index contributed by atoms with van der Waals surface area (Å²) in [5, 5.41) is 2.24. The van der Waals surface area contributed by atoms with Gasteiger partial charge in [0.1, 0.15) is 17.9 Å². The molecule has 6 aliphatic rings. The molecular formula is C47H48N6O6. The molecular weight excluding hydrogens is 745 g/mol. The van der Waals surface area contributed by atoms with Gasteiger partial charge in [-0.15, -0.1) is 0 Å². The number of rotatable bonds is 6. The summed E-state index contributed by atoms with van der Waals surface area (Å²) in [5.74, 6) is 6.06. The van der Waals surface area contributed by atoms with E-state index in [4.69, 9.17) is 11.3 Å². The topological polar surface area (TPSA) is 124 Å². The molecule has 3 aromatic carbocycles. The van der Waals surface area contributed by atoms with Crippen LogP contribution >= 0.6 is 0 Å². The molecule has 12 nitrogen and oxygen atoms in total. The quantitative estimate of drug-likeness (QED) is 0.191. The van der Waals surface area contributed by atoms with Crippen molar-refractivity contribution in [2.24, 2.45) is 16.7 Å². The van der Waals surface area contributed by atoms with E-state index >= 15 is 0 Å². The Morgan fingerprint density at radius 3 is 2.24 bits per heavy atom. The van der Waals surface area contributed by atoms with E-state index < -0.39 is 29.7 Å². The maximum absolute atomic E-state index is 13.8. The van der Waals surface area contributed by atoms with Gasteiger partial charge in [0.25, 0.3) is 17.7 Å². The highest BCUT2D eigenvalue weighted by atomic mass is 16.5. The van der Waals surface area contributed by atoms with Crippen LogP contribution in [-0.2, 0) is 16.1 Å². The van der Waals surface area contributed by atoms with E-state index in [-0.39, 0.29) is 53.2 Å². The summed E-state index contributed by atoms with van der Waals surface area (Å²) in [6.07, 6.45) is 2.06. The number of piperidine rings is 2. The first-order valence-electron chi connectivity index (χ1n) is 20.6. The van der Waals surface area contributed by atoms with Gasteiger partial charge in [0.15, 0.2) is 5.69 Å². The molecule has 5 aliphatic heterocycles. The van der Waals surface area contributed by atoms with Gasteiger partial charge in [-0.3, -0.25) is 39.1 Å². The molecule has 5 amide bonds. The lowest BCUT2D eigenvalue weighted by Crippen LogP contribution is -2.74. The van der Waals surface area contributed by atoms with Crippen LogP contribution in [-0.4, -0.2) is 94.6 Å². The van der Waals surface area contributed by atoms with Gasteiger partial charge < -0.3 is 14.5 Å². The van der Waals surface area contributed by atoms with Crippen molar-refractivity contribution in [1.82, 2.24) is 20.0 Å². The Balaban J connectivity index is 0.777. The van der Waals surface area contributed by atoms with Crippen LogP contribution in [0.5, 0.6) is 5.75 Å². The van der Waals surface area contributed by atoms with E-state index in [9.17, 15) is 24.0 Å². The molecule has 1 saturated carbocycles. The number of anilines is 1. The number of carbonyl (C=O) groups excluding carboxylic acids is 5. The Bertz CT molecular complexity index is 2430. The van der Waals surface area contributed by atoms with Crippen LogP contribution in [0.3, 0.4) is 0 Å². The predicted molar refractivity (Wildman–Crippen MR) is 220 cm³/mol. The number of ether oxygens (including phenoxy) is 1. The highest BCUT2D eigenvalue weighted by molar-refractivity contribution is 6.23. The first-order chi connectivity index (χ1) is 28.1. The van der Waals surface area contributed by atoms with Gasteiger partial charge in [-0.25, -0.2) is 4.85 Å². The lowest BCUT2D eigenvalue weighted by molar-refractivity contribution is -0.199. The molecule has 1 aliphatic carbocycles. The Hall–Kier alpha value is -5.98. The Morgan fingerprint density at radius 1 is 0.831 bits per heavy atom. The van der Waals surface area contributed by atoms with Crippen LogP contribution in [0.15, 0.2) is 54.6 Å². The lowest BCUT2D eigenvalue weighted by Gasteiger charge is -2.65. The zero-order chi connectivity index (χ0) is 41.5. The Kier molecular flexibility index (Phi) is 9.20. The minimum Gasteiger partial charge on any atom is -0.489 e. The van der Waals surface area contributed by atoms with E-state index in [0.717, 1.165) is 77.6 Å². The van der Waals surface area contributed by atoms with E-state index in [0.29, 0.717) is 23.8 Å². The van der Waals surface area contributed by atoms with E-state index in [1.54, 1.807) is 18.2 Å². The molecule has 1 N–H and O–H groups in total. The van der Waals surface area contributed by atoms with Crippen LogP contribution in [0.4, 0.5) is 11.4 Å². The molecule has 0 aromatic heterocycles. The lowest BCUT2D eigenvalue weighted by atomic mass is 9.49. The third kappa shape index (κ3) is 6.36. The average molecular weight is 793 g/mol. The van der Waals surface area contributed by atoms with Gasteiger partial charge in [0.05, 0.1) is 17.7 Å². The maximum Gasteiger partial charge on any atom is 0.262 e. The normalized spacial score (nSPS) is 25.1. The molecule has 9 rings (SSSR count). The number of fused-ring (bicyclic) bond motifs is 2. The van der Waals surface area contributed by atoms with Crippen molar-refractivity contribution >= 4 is 40.9 Å². The molecule has 1 atom stereocenters. The third-order valence-electron chi connectivity index (χ3n) is 13.7. The first-order valence-corrected chi connectivity index (χ1v) is 20.6. The number of nitrogens with one attached hydrogen (secondary N) is 1. The second kappa shape index (κ2) is 14.1. The van der Waals surface area contributed by atoms with Crippen molar-refractivity contribution in [3.8, 4) is 17.6 Å². The zero-order valence-electron chi connectivity index (χ0n) is 34.1. The summed E-state index contributed by atoms with van der Waals surface area (Å²) in [6.45, 7) is 22.1. The van der Waals surface area contributed by atoms with Crippen molar-refractivity contribution in [3.05, 3.63) is 99.4 Å². The maximum atomic E-state index is 13.8. The predicted octanol–water partition coefficient (Wildman–Crippen LogP) is 5.74. The van der Waals surface area contributed by atoms with Crippen molar-refractivity contribution in [2.45, 2.75) is 91.1 Å². The number of carbonyl (C=O) groups is 5. The van der Waals surface area contributed by atoms with Crippen LogP contribution in [0.25, 0.3) is 4.85 Å². The number of nitrogens with zero attached hydrogens (tertiary/aromatic N) is 5. The van der Waals surface area contributed by atoms with Gasteiger partial charge in [-0.05, 0) is 98.9 Å². The Morgan fingerprint density at radius 2 is 1.54 bits per heavy atom. The van der Waals surface area contributed by atoms with Gasteiger partial charge in [0.2, 0.25) is 11.8 Å². The minimum absolute atomic E-state index is 0.0212. The van der Waals surface area contributed by atoms with E-state index in [2.05, 4.69) is 65.6 Å². The van der Waals surface area contributed by atoms with Crippen LogP contribution in [0.2, 0.25) is 0 Å². The fourth-order valence-electron chi connectivity index (χ4n) is 11.0. The minimum atomic E-state index is -0.976. The molecule has 3 saturated heterocycles. The highest BCUT2D eigenvalue weighted by Crippen LogP contribution is 2.59. The molecule has 0 radical (unpaired) electrons. The summed E-state index contributed by atoms with van der Waals surface area (Å²) in [4.78, 5) is 75.6. The fraction of sp³-hybridized carbons (Fsp3) is 0.447. The van der Waals surface area contributed by atoms with Crippen molar-refractivity contribution in [1.29, 1.82) is 0 Å². The van der Waals surface area contributed by atoms with Crippen molar-refractivity contribution < 1.29 is 28.7 Å². The summed E-state index contributed by atoms with van der Waals surface area (Å²) >= 11 is 0. The van der Waals surface area contributed by atoms with Gasteiger partial charge in [-0.2, -0.15) is 0 Å². The van der Waals surface area contributed by atoms with Crippen LogP contribution in [0.1, 0.15) is 101 Å². The summed E-state index contributed by atoms with van der Waals surface area (Å²) < 4.78 is 6.57. The average Bonchev–Trinajstić information content (AvgIpc) is 3.62. The van der Waals surface area contributed by atoms with E-state index in [1.807, 2.05) is 42.2 Å². The summed E-state index contributed by atoms with van der Waals surface area (Å²) in [6, 6.07) is 16.3. The number of aryl methyl sites for hydroxylation is 1. The monoisotopic (exact) mass is 792 g/mol. The Labute approximate surface area is 344 Å². The van der Waals surface area contributed by atoms with E-state index in [1.165, 1.54) is 0 Å². The smallest absolute Gasteiger partial charge is 0.262 e. The fourth-order valence-corrected chi connectivity index (χ4v) is 11.0. The molecule has 1 unspecified atom stereocenters. The number of imide groups is 2. The second-order valence-corrected chi connectivity index (χ2v) is 18.2. The molecule has 59 heavy (non-hydrogen) atoms. The summed E-state index contributed by atoms with van der Waals surface area (Å²) in [5.41, 5.74) is 5.07. The third-order valence-corrected chi connectivity index (χ3v) is 13.7. The summed E-state index contributed by atoms with van der Waals surface area (Å²) in [7, 11) is 0. The molecule has 5 heterocycles. The van der Waals surface area contributed by atoms with Gasteiger partial charge in [-0.1, -0.05) is 45.6 Å². The largest absolute Gasteiger partial charge is 0.489 e. The van der Waals surface area contributed by atoms with Crippen LogP contribution in [0, 0.1) is 42.1 Å². The SMILES string of the molecule is [C-]#[N+]c1ccc(OC2C(C)(C)C(N3Cc4cc(C#CC5CCN(C6CN(c7ccc8c(c7)C(=O)N(C7CCC(=O)NC7=O)C8=O)C6)CC5)ccc4C3=O)C2(C)C)cc1C. The van der Waals surface area contributed by atoms with Crippen molar-refractivity contribution in [3.63, 3.8) is 0 Å². The number of amides is 5. The molecule has 302 valence electrons. The zero-order valence-corrected chi connectivity index (χ0v) is 34.1. The van der Waals surface area contributed by atoms with Gasteiger partial charge in [0, 0.05) is 71.7 Å². The molecule has 0 bridgehead atoms. The standard InChI is InChI=1S/C47H48N6O6/c1-27-21-33(11-14-37(27)48-6)59-45-46(2,3)44(47(45,4)5)52-24-30-22-29(9-12-34(30)41(52)56)8-7-28-17-19-50(20-18-28)32-25-51(26-32)31-10-13-35-36(23-31)43(58)53(42(35)57)38-15-16-39(54)49-40(38)55/h9-14,21-23,28,32,38,44-45H,15-20,24-26H2,1-5H3,(H,49,54,55). The van der Waals surface area contributed by atoms with Crippen LogP contribution < -0.4 is 15.0 Å². The molecule has 0 spiro atoms. The van der Waals surface area contributed by atoms with Gasteiger partial charge >= 0.3 is 0 Å². The number of hydrogen-bond acceptors (Lipinski definition) is 8. The van der Waals surface area contributed by atoms with Crippen molar-refractivity contribution in [2.75, 3.05) is 31.1 Å². The first kappa shape index (κ1) is 38.5.